The second kappa shape index (κ2) is 8.89. The van der Waals surface area contributed by atoms with Crippen LogP contribution in [0.15, 0.2) is 47.4 Å². The molecule has 29 heavy (non-hydrogen) atoms. The number of methoxy groups -OCH3 is 1. The molecule has 150 valence electrons. The van der Waals surface area contributed by atoms with E-state index < -0.39 is 0 Å². The Hall–Kier alpha value is -3.17. The van der Waals surface area contributed by atoms with Gasteiger partial charge in [-0.25, -0.2) is 4.98 Å². The van der Waals surface area contributed by atoms with Gasteiger partial charge in [0.05, 0.1) is 6.04 Å². The molecule has 0 unspecified atom stereocenters. The van der Waals surface area contributed by atoms with E-state index in [9.17, 15) is 4.79 Å². The van der Waals surface area contributed by atoms with E-state index in [4.69, 9.17) is 9.26 Å². The lowest BCUT2D eigenvalue weighted by atomic mass is 10.2. The summed E-state index contributed by atoms with van der Waals surface area (Å²) >= 11 is 0. The van der Waals surface area contributed by atoms with Crippen molar-refractivity contribution in [2.75, 3.05) is 25.6 Å². The molecule has 0 aliphatic carbocycles. The van der Waals surface area contributed by atoms with Crippen molar-refractivity contribution >= 4 is 11.7 Å². The van der Waals surface area contributed by atoms with Crippen molar-refractivity contribution < 1.29 is 14.1 Å². The van der Waals surface area contributed by atoms with Crippen LogP contribution in [-0.2, 0) is 16.1 Å². The number of aromatic nitrogens is 4. The molecule has 9 heteroatoms. The number of hydrogen-bond acceptors (Lipinski definition) is 8. The number of ether oxygens (including phenoxy) is 1. The lowest BCUT2D eigenvalue weighted by molar-refractivity contribution is -0.119. The minimum absolute atomic E-state index is 0.0188. The highest BCUT2D eigenvalue weighted by Gasteiger charge is 2.30. The molecule has 4 heterocycles. The van der Waals surface area contributed by atoms with Gasteiger partial charge in [0.25, 0.3) is 5.91 Å². The molecule has 9 nitrogen and oxygen atoms in total. The summed E-state index contributed by atoms with van der Waals surface area (Å²) in [4.78, 5) is 26.8. The van der Waals surface area contributed by atoms with E-state index in [1.807, 2.05) is 12.1 Å². The van der Waals surface area contributed by atoms with Gasteiger partial charge < -0.3 is 14.6 Å². The predicted molar refractivity (Wildman–Crippen MR) is 105 cm³/mol. The highest BCUT2D eigenvalue weighted by atomic mass is 16.5. The van der Waals surface area contributed by atoms with Crippen molar-refractivity contribution in [1.29, 1.82) is 0 Å². The zero-order valence-corrected chi connectivity index (χ0v) is 16.1. The Kier molecular flexibility index (Phi) is 5.87. The third-order valence-corrected chi connectivity index (χ3v) is 4.79. The molecule has 4 rings (SSSR count). The molecule has 1 N–H and O–H groups in total. The van der Waals surface area contributed by atoms with E-state index in [0.29, 0.717) is 17.5 Å². The van der Waals surface area contributed by atoms with E-state index in [1.54, 1.807) is 30.7 Å². The average Bonchev–Trinajstić information content (AvgIpc) is 3.39. The fourth-order valence-corrected chi connectivity index (χ4v) is 3.42. The van der Waals surface area contributed by atoms with Crippen molar-refractivity contribution in [2.24, 2.45) is 0 Å². The summed E-state index contributed by atoms with van der Waals surface area (Å²) in [7, 11) is 1.46. The highest BCUT2D eigenvalue weighted by molar-refractivity contribution is 5.90. The number of anilines is 1. The fourth-order valence-electron chi connectivity index (χ4n) is 3.42. The van der Waals surface area contributed by atoms with Crippen LogP contribution in [-0.4, -0.2) is 51.2 Å². The first-order valence-electron chi connectivity index (χ1n) is 9.44. The number of carbonyl (C=O) groups excluding carboxylic acids is 1. The van der Waals surface area contributed by atoms with Crippen molar-refractivity contribution in [3.8, 4) is 11.4 Å². The van der Waals surface area contributed by atoms with Crippen LogP contribution in [0.25, 0.3) is 11.4 Å². The van der Waals surface area contributed by atoms with Crippen LogP contribution in [0.1, 0.15) is 30.3 Å². The summed E-state index contributed by atoms with van der Waals surface area (Å²) in [6.45, 7) is 1.79. The molecule has 3 aromatic rings. The lowest BCUT2D eigenvalue weighted by Gasteiger charge is -2.21. The Bertz CT molecular complexity index is 944. The van der Waals surface area contributed by atoms with Gasteiger partial charge in [0.15, 0.2) is 0 Å². The quantitative estimate of drug-likeness (QED) is 0.651. The third-order valence-electron chi connectivity index (χ3n) is 4.79. The average molecular weight is 394 g/mol. The standard InChI is InChI=1S/C20H22N6O3/c1-28-13-18(27)23-17-5-4-15(11-22-17)19-24-20(29-25-19)16-3-2-10-26(16)12-14-6-8-21-9-7-14/h4-9,11,16H,2-3,10,12-13H2,1H3,(H,22,23,27)/t16-/m1/s1. The SMILES string of the molecule is COCC(=O)Nc1ccc(-c2noc([C@H]3CCCN3Cc3ccncc3)n2)cn1. The van der Waals surface area contributed by atoms with Gasteiger partial charge in [-0.15, -0.1) is 0 Å². The van der Waals surface area contributed by atoms with Crippen LogP contribution in [0.4, 0.5) is 5.82 Å². The van der Waals surface area contributed by atoms with Crippen molar-refractivity contribution in [3.63, 3.8) is 0 Å². The molecule has 1 atom stereocenters. The molecule has 1 amide bonds. The summed E-state index contributed by atoms with van der Waals surface area (Å²) in [6.07, 6.45) is 7.29. The molecule has 0 saturated carbocycles. The molecule has 1 aliphatic heterocycles. The summed E-state index contributed by atoms with van der Waals surface area (Å²) in [6, 6.07) is 7.64. The second-order valence-electron chi connectivity index (χ2n) is 6.85. The van der Waals surface area contributed by atoms with Gasteiger partial charge in [-0.1, -0.05) is 5.16 Å². The van der Waals surface area contributed by atoms with Gasteiger partial charge in [0, 0.05) is 37.8 Å². The van der Waals surface area contributed by atoms with Gasteiger partial charge in [-0.05, 0) is 49.2 Å². The van der Waals surface area contributed by atoms with E-state index in [-0.39, 0.29) is 18.6 Å². The molecule has 0 aromatic carbocycles. The highest BCUT2D eigenvalue weighted by Crippen LogP contribution is 2.33. The zero-order chi connectivity index (χ0) is 20.1. The number of nitrogens with zero attached hydrogens (tertiary/aromatic N) is 5. The Balaban J connectivity index is 1.44. The first kappa shape index (κ1) is 19.2. The smallest absolute Gasteiger partial charge is 0.251 e. The molecular formula is C20H22N6O3. The molecular weight excluding hydrogens is 372 g/mol. The largest absolute Gasteiger partial charge is 0.375 e. The van der Waals surface area contributed by atoms with E-state index >= 15 is 0 Å². The minimum Gasteiger partial charge on any atom is -0.375 e. The van der Waals surface area contributed by atoms with Gasteiger partial charge in [-0.3, -0.25) is 14.7 Å². The predicted octanol–water partition coefficient (Wildman–Crippen LogP) is 2.45. The van der Waals surface area contributed by atoms with Crippen LogP contribution in [0, 0.1) is 0 Å². The summed E-state index contributed by atoms with van der Waals surface area (Å²) in [5.41, 5.74) is 1.94. The van der Waals surface area contributed by atoms with Crippen molar-refractivity contribution in [2.45, 2.75) is 25.4 Å². The van der Waals surface area contributed by atoms with Gasteiger partial charge >= 0.3 is 0 Å². The molecule has 0 radical (unpaired) electrons. The molecule has 0 bridgehead atoms. The van der Waals surface area contributed by atoms with E-state index in [1.165, 1.54) is 12.7 Å². The van der Waals surface area contributed by atoms with Crippen molar-refractivity contribution in [1.82, 2.24) is 25.0 Å². The normalized spacial score (nSPS) is 16.8. The number of carbonyl (C=O) groups is 1. The van der Waals surface area contributed by atoms with Gasteiger partial charge in [0.2, 0.25) is 11.7 Å². The molecule has 0 spiro atoms. The van der Waals surface area contributed by atoms with Gasteiger partial charge in [-0.2, -0.15) is 4.98 Å². The Morgan fingerprint density at radius 2 is 2.17 bits per heavy atom. The maximum Gasteiger partial charge on any atom is 0.251 e. The first-order chi connectivity index (χ1) is 14.2. The number of likely N-dealkylation sites (tertiary alicyclic amines) is 1. The van der Waals surface area contributed by atoms with Crippen molar-refractivity contribution in [3.05, 3.63) is 54.3 Å². The number of pyridine rings is 2. The molecule has 3 aromatic heterocycles. The summed E-state index contributed by atoms with van der Waals surface area (Å²) < 4.78 is 10.4. The van der Waals surface area contributed by atoms with Crippen LogP contribution < -0.4 is 5.32 Å². The van der Waals surface area contributed by atoms with Crippen LogP contribution in [0.2, 0.25) is 0 Å². The lowest BCUT2D eigenvalue weighted by Crippen LogP contribution is -2.23. The second-order valence-corrected chi connectivity index (χ2v) is 6.85. The monoisotopic (exact) mass is 394 g/mol. The number of amides is 1. The maximum atomic E-state index is 11.6. The Morgan fingerprint density at radius 1 is 1.31 bits per heavy atom. The number of nitrogens with one attached hydrogen (secondary N) is 1. The Morgan fingerprint density at radius 3 is 2.93 bits per heavy atom. The third kappa shape index (κ3) is 4.64. The fraction of sp³-hybridized carbons (Fsp3) is 0.350. The van der Waals surface area contributed by atoms with E-state index in [2.05, 4.69) is 30.3 Å². The molecule has 1 saturated heterocycles. The molecule has 1 fully saturated rings. The number of rotatable bonds is 7. The number of hydrogen-bond donors (Lipinski definition) is 1. The minimum atomic E-state index is -0.259. The zero-order valence-electron chi connectivity index (χ0n) is 16.1. The maximum absolute atomic E-state index is 11.6. The van der Waals surface area contributed by atoms with E-state index in [0.717, 1.165) is 31.5 Å². The topological polar surface area (TPSA) is 106 Å². The first-order valence-corrected chi connectivity index (χ1v) is 9.44. The summed E-state index contributed by atoms with van der Waals surface area (Å²) in [5, 5.41) is 6.77. The molecule has 1 aliphatic rings. The van der Waals surface area contributed by atoms with Crippen LogP contribution >= 0.6 is 0 Å². The van der Waals surface area contributed by atoms with Gasteiger partial charge in [0.1, 0.15) is 12.4 Å². The van der Waals surface area contributed by atoms with Crippen LogP contribution in [0.5, 0.6) is 0 Å². The van der Waals surface area contributed by atoms with Crippen LogP contribution in [0.3, 0.4) is 0 Å². The Labute approximate surface area is 168 Å². The summed E-state index contributed by atoms with van der Waals surface area (Å²) in [5.74, 6) is 1.28.